The summed E-state index contributed by atoms with van der Waals surface area (Å²) in [4.78, 5) is 0. The summed E-state index contributed by atoms with van der Waals surface area (Å²) in [6, 6.07) is 20.1. The quantitative estimate of drug-likeness (QED) is 0.401. The maximum absolute atomic E-state index is 13.8. The van der Waals surface area contributed by atoms with Crippen LogP contribution in [0.15, 0.2) is 78.9 Å². The standard InChI is InChI=1S/C19H15F2O3P.Ir/c20-16-12-11-15(19(21)13-16)14-23-25(22,18-9-5-2-6-10-18)24-17-7-3-1-4-8-17;/h1-13H,14H2;. The summed E-state index contributed by atoms with van der Waals surface area (Å²) in [7, 11) is -3.75. The zero-order chi connectivity index (χ0) is 17.7. The second-order valence-corrected chi connectivity index (χ2v) is 7.20. The first kappa shape index (κ1) is 20.5. The second kappa shape index (κ2) is 9.20. The Morgan fingerprint density at radius 1 is 0.846 bits per heavy atom. The van der Waals surface area contributed by atoms with Gasteiger partial charge in [0.05, 0.1) is 11.9 Å². The molecule has 26 heavy (non-hydrogen) atoms. The van der Waals surface area contributed by atoms with Crippen LogP contribution in [0.5, 0.6) is 5.75 Å². The fraction of sp³-hybridized carbons (Fsp3) is 0.0526. The minimum absolute atomic E-state index is 0. The van der Waals surface area contributed by atoms with Gasteiger partial charge in [0, 0.05) is 31.7 Å². The summed E-state index contributed by atoms with van der Waals surface area (Å²) in [6.07, 6.45) is 0. The molecule has 0 aromatic heterocycles. The topological polar surface area (TPSA) is 35.5 Å². The van der Waals surface area contributed by atoms with Gasteiger partial charge in [0.2, 0.25) is 0 Å². The Balaban J connectivity index is 0.00000243. The van der Waals surface area contributed by atoms with Gasteiger partial charge >= 0.3 is 7.60 Å². The van der Waals surface area contributed by atoms with E-state index < -0.39 is 19.2 Å². The largest absolute Gasteiger partial charge is 0.421 e. The van der Waals surface area contributed by atoms with E-state index in [0.29, 0.717) is 11.1 Å². The van der Waals surface area contributed by atoms with E-state index in [2.05, 4.69) is 0 Å². The summed E-state index contributed by atoms with van der Waals surface area (Å²) in [5, 5.41) is 0.348. The average Bonchev–Trinajstić information content (AvgIpc) is 2.63. The Morgan fingerprint density at radius 3 is 2.08 bits per heavy atom. The van der Waals surface area contributed by atoms with Gasteiger partial charge in [0.25, 0.3) is 0 Å². The van der Waals surface area contributed by atoms with E-state index in [1.54, 1.807) is 60.7 Å². The molecule has 0 fully saturated rings. The average molecular weight is 553 g/mol. The molecular formula is C19H15F2IrO3P. The van der Waals surface area contributed by atoms with Crippen molar-refractivity contribution in [1.29, 1.82) is 0 Å². The molecule has 3 aromatic carbocycles. The van der Waals surface area contributed by atoms with Crippen LogP contribution in [0.1, 0.15) is 5.56 Å². The molecule has 0 saturated heterocycles. The zero-order valence-electron chi connectivity index (χ0n) is 13.5. The van der Waals surface area contributed by atoms with Crippen molar-refractivity contribution in [2.24, 2.45) is 0 Å². The molecule has 0 N–H and O–H groups in total. The van der Waals surface area contributed by atoms with E-state index in [9.17, 15) is 13.3 Å². The molecule has 3 rings (SSSR count). The summed E-state index contributed by atoms with van der Waals surface area (Å²) in [5.74, 6) is -1.08. The molecule has 3 aromatic rings. The van der Waals surface area contributed by atoms with Crippen molar-refractivity contribution in [3.8, 4) is 5.75 Å². The smallest absolute Gasteiger partial charge is 0.411 e. The molecule has 0 bridgehead atoms. The van der Waals surface area contributed by atoms with Crippen LogP contribution in [-0.4, -0.2) is 0 Å². The summed E-state index contributed by atoms with van der Waals surface area (Å²) in [6.45, 7) is -0.314. The molecule has 0 aliphatic carbocycles. The molecule has 3 nitrogen and oxygen atoms in total. The van der Waals surface area contributed by atoms with Crippen LogP contribution >= 0.6 is 7.60 Å². The molecule has 1 atom stereocenters. The van der Waals surface area contributed by atoms with Crippen molar-refractivity contribution in [2.75, 3.05) is 0 Å². The van der Waals surface area contributed by atoms with Crippen molar-refractivity contribution in [1.82, 2.24) is 0 Å². The fourth-order valence-electron chi connectivity index (χ4n) is 2.18. The summed E-state index contributed by atoms with van der Waals surface area (Å²) in [5.41, 5.74) is 0.0919. The predicted molar refractivity (Wildman–Crippen MR) is 91.9 cm³/mol. The molecule has 0 amide bonds. The number of benzene rings is 3. The van der Waals surface area contributed by atoms with E-state index >= 15 is 0 Å². The van der Waals surface area contributed by atoms with E-state index in [4.69, 9.17) is 9.05 Å². The molecule has 7 heteroatoms. The van der Waals surface area contributed by atoms with Gasteiger partial charge in [0.1, 0.15) is 17.4 Å². The van der Waals surface area contributed by atoms with Gasteiger partial charge in [-0.25, -0.2) is 13.3 Å². The number of hydrogen-bond acceptors (Lipinski definition) is 3. The van der Waals surface area contributed by atoms with Crippen LogP contribution in [0.4, 0.5) is 8.78 Å². The van der Waals surface area contributed by atoms with Crippen LogP contribution in [-0.2, 0) is 35.8 Å². The first-order chi connectivity index (χ1) is 12.1. The second-order valence-electron chi connectivity index (χ2n) is 5.25. The summed E-state index contributed by atoms with van der Waals surface area (Å²) < 4.78 is 51.2. The SMILES string of the molecule is O=P(OCc1ccc(F)cc1F)(Oc1ccccc1)c1ccccc1.[Ir]. The number of hydrogen-bond donors (Lipinski definition) is 0. The van der Waals surface area contributed by atoms with E-state index in [1.807, 2.05) is 0 Å². The molecule has 1 radical (unpaired) electrons. The van der Waals surface area contributed by atoms with Gasteiger partial charge in [-0.3, -0.25) is 4.52 Å². The molecular weight excluding hydrogens is 537 g/mol. The van der Waals surface area contributed by atoms with Crippen molar-refractivity contribution in [2.45, 2.75) is 6.61 Å². The fourth-order valence-corrected chi connectivity index (χ4v) is 3.73. The normalized spacial score (nSPS) is 12.7. The molecule has 137 valence electrons. The first-order valence-corrected chi connectivity index (χ1v) is 9.10. The van der Waals surface area contributed by atoms with Gasteiger partial charge in [0.15, 0.2) is 0 Å². The van der Waals surface area contributed by atoms with Crippen LogP contribution < -0.4 is 9.83 Å². The van der Waals surface area contributed by atoms with E-state index in [0.717, 1.165) is 12.1 Å². The number of rotatable bonds is 6. The molecule has 0 spiro atoms. The minimum atomic E-state index is -3.75. The van der Waals surface area contributed by atoms with Crippen LogP contribution in [0, 0.1) is 11.6 Å². The Hall–Kier alpha value is -1.84. The van der Waals surface area contributed by atoms with Crippen molar-refractivity contribution < 1.29 is 42.5 Å². The monoisotopic (exact) mass is 553 g/mol. The summed E-state index contributed by atoms with van der Waals surface area (Å²) >= 11 is 0. The van der Waals surface area contributed by atoms with Crippen LogP contribution in [0.3, 0.4) is 0 Å². The number of para-hydroxylation sites is 1. The van der Waals surface area contributed by atoms with Gasteiger partial charge in [-0.2, -0.15) is 0 Å². The van der Waals surface area contributed by atoms with Crippen molar-refractivity contribution in [3.63, 3.8) is 0 Å². The maximum Gasteiger partial charge on any atom is 0.411 e. The Labute approximate surface area is 163 Å². The Morgan fingerprint density at radius 2 is 1.46 bits per heavy atom. The van der Waals surface area contributed by atoms with Crippen molar-refractivity contribution in [3.05, 3.63) is 96.1 Å². The van der Waals surface area contributed by atoms with Gasteiger partial charge in [-0.1, -0.05) is 42.5 Å². The first-order valence-electron chi connectivity index (χ1n) is 7.56. The molecule has 0 heterocycles. The maximum atomic E-state index is 13.8. The molecule has 1 unspecified atom stereocenters. The van der Waals surface area contributed by atoms with Crippen molar-refractivity contribution >= 4 is 12.9 Å². The predicted octanol–water partition coefficient (Wildman–Crippen LogP) is 5.08. The van der Waals surface area contributed by atoms with Gasteiger partial charge in [-0.05, 0) is 30.3 Å². The molecule has 0 aliphatic rings. The Kier molecular flexibility index (Phi) is 7.24. The third kappa shape index (κ3) is 5.09. The van der Waals surface area contributed by atoms with Crippen LogP contribution in [0.2, 0.25) is 0 Å². The minimum Gasteiger partial charge on any atom is -0.421 e. The third-order valence-electron chi connectivity index (χ3n) is 3.45. The van der Waals surface area contributed by atoms with Crippen LogP contribution in [0.25, 0.3) is 0 Å². The molecule has 0 saturated carbocycles. The van der Waals surface area contributed by atoms with E-state index in [-0.39, 0.29) is 32.3 Å². The number of halogens is 2. The Bertz CT molecular complexity index is 892. The van der Waals surface area contributed by atoms with Gasteiger partial charge in [-0.15, -0.1) is 0 Å². The van der Waals surface area contributed by atoms with E-state index in [1.165, 1.54) is 6.07 Å². The third-order valence-corrected chi connectivity index (χ3v) is 5.30. The van der Waals surface area contributed by atoms with Gasteiger partial charge < -0.3 is 4.52 Å². The zero-order valence-corrected chi connectivity index (χ0v) is 16.8. The molecule has 0 aliphatic heterocycles.